The van der Waals surface area contributed by atoms with E-state index in [1.165, 1.54) is 4.90 Å². The maximum atomic E-state index is 12.3. The van der Waals surface area contributed by atoms with E-state index in [-0.39, 0.29) is 52.4 Å². The first-order valence-electron chi connectivity index (χ1n) is 7.99. The number of halogens is 2. The summed E-state index contributed by atoms with van der Waals surface area (Å²) in [6.45, 7) is 0.0333. The zero-order chi connectivity index (χ0) is 17.3. The zero-order valence-corrected chi connectivity index (χ0v) is 14.5. The Morgan fingerprint density at radius 1 is 1.08 bits per heavy atom. The zero-order valence-electron chi connectivity index (χ0n) is 13.0. The molecule has 2 fully saturated rings. The molecule has 1 aromatic rings. The van der Waals surface area contributed by atoms with Crippen LogP contribution in [0.1, 0.15) is 32.1 Å². The van der Waals surface area contributed by atoms with Crippen molar-refractivity contribution in [2.75, 3.05) is 6.54 Å². The van der Waals surface area contributed by atoms with E-state index >= 15 is 0 Å². The predicted molar refractivity (Wildman–Crippen MR) is 88.9 cm³/mol. The van der Waals surface area contributed by atoms with Crippen LogP contribution in [0.5, 0.6) is 5.75 Å². The quantitative estimate of drug-likeness (QED) is 0.463. The molecular formula is C17H17Cl2NO4. The SMILES string of the molecule is O=C(CCN1C(=O)C2CCCCC2C1=O)Oc1c(Cl)cccc1Cl. The van der Waals surface area contributed by atoms with Gasteiger partial charge in [-0.15, -0.1) is 0 Å². The van der Waals surface area contributed by atoms with E-state index in [9.17, 15) is 14.4 Å². The van der Waals surface area contributed by atoms with Gasteiger partial charge in [0.25, 0.3) is 0 Å². The van der Waals surface area contributed by atoms with Crippen molar-refractivity contribution in [2.24, 2.45) is 11.8 Å². The van der Waals surface area contributed by atoms with Gasteiger partial charge < -0.3 is 4.74 Å². The molecule has 24 heavy (non-hydrogen) atoms. The number of esters is 1. The van der Waals surface area contributed by atoms with Crippen LogP contribution >= 0.6 is 23.2 Å². The summed E-state index contributed by atoms with van der Waals surface area (Å²) < 4.78 is 5.17. The number of hydrogen-bond acceptors (Lipinski definition) is 4. The Morgan fingerprint density at radius 2 is 1.62 bits per heavy atom. The lowest BCUT2D eigenvalue weighted by Gasteiger charge is -2.19. The lowest BCUT2D eigenvalue weighted by Crippen LogP contribution is -2.33. The van der Waals surface area contributed by atoms with Gasteiger partial charge in [-0.05, 0) is 25.0 Å². The molecule has 2 unspecified atom stereocenters. The normalized spacial score (nSPS) is 23.3. The average Bonchev–Trinajstić information content (AvgIpc) is 2.81. The summed E-state index contributed by atoms with van der Waals surface area (Å²) in [7, 11) is 0. The standard InChI is InChI=1S/C17H17Cl2NO4/c18-12-6-3-7-13(19)15(12)24-14(21)8-9-20-16(22)10-4-1-2-5-11(10)17(20)23/h3,6-7,10-11H,1-2,4-5,8-9H2. The van der Waals surface area contributed by atoms with E-state index in [2.05, 4.69) is 0 Å². The fourth-order valence-electron chi connectivity index (χ4n) is 3.40. The molecule has 128 valence electrons. The van der Waals surface area contributed by atoms with Crippen LogP contribution < -0.4 is 4.74 Å². The van der Waals surface area contributed by atoms with E-state index in [1.807, 2.05) is 0 Å². The van der Waals surface area contributed by atoms with E-state index in [4.69, 9.17) is 27.9 Å². The number of hydrogen-bond donors (Lipinski definition) is 0. The van der Waals surface area contributed by atoms with Crippen LogP contribution in [0.4, 0.5) is 0 Å². The minimum Gasteiger partial charge on any atom is -0.423 e. The Hall–Kier alpha value is -1.59. The number of carbonyl (C=O) groups is 3. The molecule has 1 saturated carbocycles. The molecule has 0 radical (unpaired) electrons. The highest BCUT2D eigenvalue weighted by Crippen LogP contribution is 2.38. The maximum Gasteiger partial charge on any atom is 0.313 e. The molecule has 0 aromatic heterocycles. The molecule has 1 heterocycles. The number of imide groups is 1. The number of nitrogens with zero attached hydrogens (tertiary/aromatic N) is 1. The number of carbonyl (C=O) groups excluding carboxylic acids is 3. The molecule has 2 aliphatic rings. The maximum absolute atomic E-state index is 12.3. The first kappa shape index (κ1) is 17.2. The molecule has 0 bridgehead atoms. The Balaban J connectivity index is 1.60. The first-order valence-corrected chi connectivity index (χ1v) is 8.74. The number of para-hydroxylation sites is 1. The van der Waals surface area contributed by atoms with Crippen LogP contribution in [0.3, 0.4) is 0 Å². The van der Waals surface area contributed by atoms with Crippen molar-refractivity contribution in [3.8, 4) is 5.75 Å². The van der Waals surface area contributed by atoms with Crippen molar-refractivity contribution in [3.63, 3.8) is 0 Å². The Labute approximate surface area is 149 Å². The van der Waals surface area contributed by atoms with E-state index < -0.39 is 5.97 Å². The molecular weight excluding hydrogens is 353 g/mol. The molecule has 0 N–H and O–H groups in total. The lowest BCUT2D eigenvalue weighted by molar-refractivity contribution is -0.141. The summed E-state index contributed by atoms with van der Waals surface area (Å²) in [6.07, 6.45) is 3.37. The molecule has 2 amide bonds. The predicted octanol–water partition coefficient (Wildman–Crippen LogP) is 3.46. The molecule has 1 aliphatic carbocycles. The van der Waals surface area contributed by atoms with Crippen LogP contribution in [-0.4, -0.2) is 29.2 Å². The summed E-state index contributed by atoms with van der Waals surface area (Å²) in [5.74, 6) is -1.22. The summed E-state index contributed by atoms with van der Waals surface area (Å²) in [4.78, 5) is 37.9. The van der Waals surface area contributed by atoms with Gasteiger partial charge in [-0.1, -0.05) is 42.1 Å². The third-order valence-electron chi connectivity index (χ3n) is 4.61. The van der Waals surface area contributed by atoms with Crippen molar-refractivity contribution in [1.82, 2.24) is 4.90 Å². The second-order valence-corrected chi connectivity index (χ2v) is 6.91. The molecule has 1 saturated heterocycles. The topological polar surface area (TPSA) is 63.7 Å². The van der Waals surface area contributed by atoms with Crippen molar-refractivity contribution in [2.45, 2.75) is 32.1 Å². The van der Waals surface area contributed by atoms with Gasteiger partial charge in [0.15, 0.2) is 5.75 Å². The monoisotopic (exact) mass is 369 g/mol. The second kappa shape index (κ2) is 7.11. The highest BCUT2D eigenvalue weighted by Gasteiger charge is 2.47. The second-order valence-electron chi connectivity index (χ2n) is 6.10. The molecule has 2 atom stereocenters. The Morgan fingerprint density at radius 3 is 2.17 bits per heavy atom. The highest BCUT2D eigenvalue weighted by atomic mass is 35.5. The average molecular weight is 370 g/mol. The van der Waals surface area contributed by atoms with Gasteiger partial charge >= 0.3 is 5.97 Å². The van der Waals surface area contributed by atoms with Gasteiger partial charge in [-0.25, -0.2) is 0 Å². The third kappa shape index (κ3) is 3.28. The van der Waals surface area contributed by atoms with Crippen molar-refractivity contribution < 1.29 is 19.1 Å². The number of likely N-dealkylation sites (tertiary alicyclic amines) is 1. The summed E-state index contributed by atoms with van der Waals surface area (Å²) in [6, 6.07) is 4.77. The third-order valence-corrected chi connectivity index (χ3v) is 5.20. The Bertz CT molecular complexity index is 647. The molecule has 1 aromatic carbocycles. The summed E-state index contributed by atoms with van der Waals surface area (Å²) >= 11 is 11.9. The number of amides is 2. The van der Waals surface area contributed by atoms with Crippen LogP contribution in [-0.2, 0) is 14.4 Å². The number of benzene rings is 1. The molecule has 1 aliphatic heterocycles. The molecule has 5 nitrogen and oxygen atoms in total. The first-order chi connectivity index (χ1) is 11.5. The van der Waals surface area contributed by atoms with Gasteiger partial charge in [0.2, 0.25) is 11.8 Å². The minimum atomic E-state index is -0.583. The smallest absolute Gasteiger partial charge is 0.313 e. The van der Waals surface area contributed by atoms with Gasteiger partial charge in [0, 0.05) is 6.54 Å². The molecule has 0 spiro atoms. The van der Waals surface area contributed by atoms with Crippen LogP contribution in [0.15, 0.2) is 18.2 Å². The molecule has 3 rings (SSSR count). The lowest BCUT2D eigenvalue weighted by atomic mass is 9.81. The van der Waals surface area contributed by atoms with Gasteiger partial charge in [0.05, 0.1) is 28.3 Å². The van der Waals surface area contributed by atoms with E-state index in [1.54, 1.807) is 18.2 Å². The van der Waals surface area contributed by atoms with Crippen LogP contribution in [0.2, 0.25) is 10.0 Å². The van der Waals surface area contributed by atoms with Gasteiger partial charge in [-0.3, -0.25) is 19.3 Å². The van der Waals surface area contributed by atoms with Crippen molar-refractivity contribution >= 4 is 41.0 Å². The van der Waals surface area contributed by atoms with E-state index in [0.717, 1.165) is 25.7 Å². The van der Waals surface area contributed by atoms with Crippen LogP contribution in [0.25, 0.3) is 0 Å². The van der Waals surface area contributed by atoms with Crippen LogP contribution in [0, 0.1) is 11.8 Å². The number of fused-ring (bicyclic) bond motifs is 1. The minimum absolute atomic E-state index is 0.0333. The largest absolute Gasteiger partial charge is 0.423 e. The van der Waals surface area contributed by atoms with Gasteiger partial charge in [-0.2, -0.15) is 0 Å². The highest BCUT2D eigenvalue weighted by molar-refractivity contribution is 6.37. The Kier molecular flexibility index (Phi) is 5.11. The van der Waals surface area contributed by atoms with Crippen molar-refractivity contribution in [1.29, 1.82) is 0 Å². The number of rotatable bonds is 4. The fraction of sp³-hybridized carbons (Fsp3) is 0.471. The van der Waals surface area contributed by atoms with Gasteiger partial charge in [0.1, 0.15) is 0 Å². The summed E-state index contributed by atoms with van der Waals surface area (Å²) in [5, 5.41) is 0.463. The van der Waals surface area contributed by atoms with E-state index in [0.29, 0.717) is 0 Å². The van der Waals surface area contributed by atoms with Crippen molar-refractivity contribution in [3.05, 3.63) is 28.2 Å². The fourth-order valence-corrected chi connectivity index (χ4v) is 3.87. The summed E-state index contributed by atoms with van der Waals surface area (Å²) in [5.41, 5.74) is 0. The molecule has 7 heteroatoms. The number of ether oxygens (including phenoxy) is 1.